The minimum absolute atomic E-state index is 0.0319. The number of hydrogen-bond donors (Lipinski definition) is 1. The maximum atomic E-state index is 13.2. The van der Waals surface area contributed by atoms with Crippen LogP contribution in [0, 0.1) is 6.92 Å². The Morgan fingerprint density at radius 1 is 1.03 bits per heavy atom. The van der Waals surface area contributed by atoms with Crippen LogP contribution in [0.5, 0.6) is 0 Å². The summed E-state index contributed by atoms with van der Waals surface area (Å²) in [6.45, 7) is 5.96. The first kappa shape index (κ1) is 22.4. The molecule has 1 N–H and O–H groups in total. The van der Waals surface area contributed by atoms with Gasteiger partial charge < -0.3 is 10.2 Å². The summed E-state index contributed by atoms with van der Waals surface area (Å²) in [6, 6.07) is 17.4. The van der Waals surface area contributed by atoms with E-state index in [1.54, 1.807) is 17.8 Å². The Hall–Kier alpha value is -2.31. The normalized spacial score (nSPS) is 15.6. The van der Waals surface area contributed by atoms with Crippen molar-refractivity contribution < 1.29 is 9.59 Å². The maximum absolute atomic E-state index is 13.2. The number of carbonyl (C=O) groups excluding carboxylic acids is 2. The van der Waals surface area contributed by atoms with E-state index < -0.39 is 6.04 Å². The number of nitrogens with one attached hydrogen (secondary N) is 1. The van der Waals surface area contributed by atoms with Crippen molar-refractivity contribution in [2.24, 2.45) is 0 Å². The molecule has 0 spiro atoms. The van der Waals surface area contributed by atoms with Crippen LogP contribution < -0.4 is 5.32 Å². The summed E-state index contributed by atoms with van der Waals surface area (Å²) in [7, 11) is 0. The molecule has 1 aliphatic rings. The van der Waals surface area contributed by atoms with Crippen molar-refractivity contribution in [3.8, 4) is 0 Å². The highest BCUT2D eigenvalue weighted by Gasteiger charge is 2.28. The van der Waals surface area contributed by atoms with Gasteiger partial charge in [-0.15, -0.1) is 0 Å². The zero-order valence-corrected chi connectivity index (χ0v) is 18.7. The monoisotopic (exact) mass is 425 g/mol. The summed E-state index contributed by atoms with van der Waals surface area (Å²) >= 11 is 1.69. The minimum Gasteiger partial charge on any atom is -0.340 e. The Morgan fingerprint density at radius 3 is 2.43 bits per heavy atom. The molecule has 0 saturated carbocycles. The molecule has 30 heavy (non-hydrogen) atoms. The summed E-state index contributed by atoms with van der Waals surface area (Å²) in [6.07, 6.45) is 2.66. The molecule has 1 unspecified atom stereocenters. The molecular weight excluding hydrogens is 394 g/mol. The molecular formula is C24H31N3O2S. The van der Waals surface area contributed by atoms with Gasteiger partial charge in [0.1, 0.15) is 6.04 Å². The molecule has 0 aromatic heterocycles. The highest BCUT2D eigenvalue weighted by molar-refractivity contribution is 7.98. The smallest absolute Gasteiger partial charge is 0.251 e. The predicted molar refractivity (Wildman–Crippen MR) is 124 cm³/mol. The maximum Gasteiger partial charge on any atom is 0.251 e. The van der Waals surface area contributed by atoms with Crippen molar-refractivity contribution in [3.63, 3.8) is 0 Å². The van der Waals surface area contributed by atoms with Crippen LogP contribution in [0.15, 0.2) is 54.6 Å². The van der Waals surface area contributed by atoms with Crippen LogP contribution in [0.25, 0.3) is 0 Å². The van der Waals surface area contributed by atoms with Gasteiger partial charge in [0.15, 0.2) is 0 Å². The average Bonchev–Trinajstić information content (AvgIpc) is 2.77. The Morgan fingerprint density at radius 2 is 1.77 bits per heavy atom. The number of amides is 2. The molecule has 5 nitrogen and oxygen atoms in total. The van der Waals surface area contributed by atoms with Gasteiger partial charge in [0.2, 0.25) is 5.91 Å². The molecule has 6 heteroatoms. The van der Waals surface area contributed by atoms with Crippen LogP contribution in [0.4, 0.5) is 0 Å². The van der Waals surface area contributed by atoms with Gasteiger partial charge in [0.05, 0.1) is 0 Å². The lowest BCUT2D eigenvalue weighted by molar-refractivity contribution is -0.135. The Labute approximate surface area is 183 Å². The van der Waals surface area contributed by atoms with Crippen molar-refractivity contribution in [1.29, 1.82) is 0 Å². The molecule has 0 aliphatic carbocycles. The van der Waals surface area contributed by atoms with E-state index in [4.69, 9.17) is 0 Å². The Kier molecular flexibility index (Phi) is 8.34. The third-order valence-electron chi connectivity index (χ3n) is 5.43. The van der Waals surface area contributed by atoms with Gasteiger partial charge in [-0.3, -0.25) is 14.5 Å². The zero-order valence-electron chi connectivity index (χ0n) is 17.8. The molecule has 1 heterocycles. The number of piperazine rings is 1. The standard InChI is InChI=1S/C24H31N3O2S/c1-19-7-6-10-21(17-19)23(28)25-22(11-16-30-2)24(29)27-14-12-26(13-15-27)18-20-8-4-3-5-9-20/h3-10,17,22H,11-16,18H2,1-2H3,(H,25,28). The van der Waals surface area contributed by atoms with Gasteiger partial charge in [0, 0.05) is 38.3 Å². The molecule has 1 aliphatic heterocycles. The van der Waals surface area contributed by atoms with Crippen LogP contribution in [-0.4, -0.2) is 65.8 Å². The molecule has 2 aromatic rings. The fraction of sp³-hybridized carbons (Fsp3) is 0.417. The third-order valence-corrected chi connectivity index (χ3v) is 6.07. The Balaban J connectivity index is 1.57. The third kappa shape index (κ3) is 6.34. The fourth-order valence-electron chi connectivity index (χ4n) is 3.71. The number of rotatable bonds is 8. The van der Waals surface area contributed by atoms with Crippen LogP contribution in [0.2, 0.25) is 0 Å². The second-order valence-corrected chi connectivity index (χ2v) is 8.75. The molecule has 1 saturated heterocycles. The van der Waals surface area contributed by atoms with Crippen molar-refractivity contribution >= 4 is 23.6 Å². The topological polar surface area (TPSA) is 52.7 Å². The van der Waals surface area contributed by atoms with E-state index in [9.17, 15) is 9.59 Å². The SMILES string of the molecule is CSCCC(NC(=O)c1cccc(C)c1)C(=O)N1CCN(Cc2ccccc2)CC1. The summed E-state index contributed by atoms with van der Waals surface area (Å²) in [5.41, 5.74) is 2.93. The molecule has 0 radical (unpaired) electrons. The van der Waals surface area contributed by atoms with E-state index in [1.165, 1.54) is 5.56 Å². The molecule has 0 bridgehead atoms. The number of benzene rings is 2. The number of nitrogens with zero attached hydrogens (tertiary/aromatic N) is 2. The number of aryl methyl sites for hydroxylation is 1. The highest BCUT2D eigenvalue weighted by atomic mass is 32.2. The molecule has 1 fully saturated rings. The average molecular weight is 426 g/mol. The second-order valence-electron chi connectivity index (χ2n) is 7.76. The first-order chi connectivity index (χ1) is 14.6. The molecule has 1 atom stereocenters. The van der Waals surface area contributed by atoms with Gasteiger partial charge in [-0.25, -0.2) is 0 Å². The minimum atomic E-state index is -0.480. The summed E-state index contributed by atoms with van der Waals surface area (Å²) in [5.74, 6) is 0.684. The largest absolute Gasteiger partial charge is 0.340 e. The predicted octanol–water partition coefficient (Wildman–Crippen LogP) is 3.19. The Bertz CT molecular complexity index is 835. The van der Waals surface area contributed by atoms with E-state index in [-0.39, 0.29) is 11.8 Å². The van der Waals surface area contributed by atoms with Crippen molar-refractivity contribution in [2.45, 2.75) is 25.9 Å². The lowest BCUT2D eigenvalue weighted by atomic mass is 10.1. The van der Waals surface area contributed by atoms with Crippen molar-refractivity contribution in [1.82, 2.24) is 15.1 Å². The van der Waals surface area contributed by atoms with Gasteiger partial charge >= 0.3 is 0 Å². The van der Waals surface area contributed by atoms with Gasteiger partial charge in [-0.1, -0.05) is 48.0 Å². The molecule has 2 aromatic carbocycles. The number of thioether (sulfide) groups is 1. The van der Waals surface area contributed by atoms with Gasteiger partial charge in [-0.05, 0) is 43.0 Å². The quantitative estimate of drug-likeness (QED) is 0.706. The van der Waals surface area contributed by atoms with Crippen LogP contribution in [-0.2, 0) is 11.3 Å². The fourth-order valence-corrected chi connectivity index (χ4v) is 4.18. The number of hydrogen-bond acceptors (Lipinski definition) is 4. The number of carbonyl (C=O) groups is 2. The summed E-state index contributed by atoms with van der Waals surface area (Å²) in [5, 5.41) is 2.99. The highest BCUT2D eigenvalue weighted by Crippen LogP contribution is 2.12. The first-order valence-corrected chi connectivity index (χ1v) is 11.9. The van der Waals surface area contributed by atoms with Crippen LogP contribution in [0.3, 0.4) is 0 Å². The molecule has 160 valence electrons. The lowest BCUT2D eigenvalue weighted by Crippen LogP contribution is -2.54. The lowest BCUT2D eigenvalue weighted by Gasteiger charge is -2.36. The van der Waals surface area contributed by atoms with E-state index in [0.717, 1.165) is 31.0 Å². The molecule has 2 amide bonds. The van der Waals surface area contributed by atoms with Crippen LogP contribution in [0.1, 0.15) is 27.9 Å². The van der Waals surface area contributed by atoms with Crippen molar-refractivity contribution in [2.75, 3.05) is 38.2 Å². The second kappa shape index (κ2) is 11.2. The van der Waals surface area contributed by atoms with Gasteiger partial charge in [0.25, 0.3) is 5.91 Å². The van der Waals surface area contributed by atoms with E-state index in [1.807, 2.05) is 42.3 Å². The first-order valence-electron chi connectivity index (χ1n) is 10.5. The van der Waals surface area contributed by atoms with E-state index >= 15 is 0 Å². The van der Waals surface area contributed by atoms with Gasteiger partial charge in [-0.2, -0.15) is 11.8 Å². The zero-order chi connectivity index (χ0) is 21.3. The van der Waals surface area contributed by atoms with E-state index in [2.05, 4.69) is 34.5 Å². The molecule has 3 rings (SSSR count). The van der Waals surface area contributed by atoms with Crippen LogP contribution >= 0.6 is 11.8 Å². The van der Waals surface area contributed by atoms with E-state index in [0.29, 0.717) is 25.1 Å². The summed E-state index contributed by atoms with van der Waals surface area (Å²) in [4.78, 5) is 30.2. The van der Waals surface area contributed by atoms with Crippen molar-refractivity contribution in [3.05, 3.63) is 71.3 Å². The summed E-state index contributed by atoms with van der Waals surface area (Å²) < 4.78 is 0.